The summed E-state index contributed by atoms with van der Waals surface area (Å²) in [7, 11) is 0. The molecule has 2 aromatic rings. The maximum absolute atomic E-state index is 12.7. The third-order valence-corrected chi connectivity index (χ3v) is 5.54. The first-order valence-electron chi connectivity index (χ1n) is 10.6. The van der Waals surface area contributed by atoms with Crippen LogP contribution in [0.1, 0.15) is 43.7 Å². The molecule has 0 aromatic heterocycles. The summed E-state index contributed by atoms with van der Waals surface area (Å²) in [5.41, 5.74) is -1.21. The van der Waals surface area contributed by atoms with Gasteiger partial charge in [0.15, 0.2) is 12.2 Å². The smallest absolute Gasteiger partial charge is 0.416 e. The van der Waals surface area contributed by atoms with E-state index in [1.54, 1.807) is 23.1 Å². The van der Waals surface area contributed by atoms with Crippen LogP contribution < -0.4 is 9.47 Å². The van der Waals surface area contributed by atoms with Crippen molar-refractivity contribution in [2.45, 2.75) is 44.4 Å². The Bertz CT molecular complexity index is 988. The average Bonchev–Trinajstić information content (AvgIpc) is 2.77. The van der Waals surface area contributed by atoms with Crippen molar-refractivity contribution in [2.24, 2.45) is 0 Å². The quantitative estimate of drug-likeness (QED) is 0.640. The molecule has 1 atom stereocenters. The summed E-state index contributed by atoms with van der Waals surface area (Å²) >= 11 is 0. The molecule has 0 saturated carbocycles. The van der Waals surface area contributed by atoms with Gasteiger partial charge in [0.2, 0.25) is 0 Å². The molecule has 9 heteroatoms. The molecule has 2 aromatic carbocycles. The van der Waals surface area contributed by atoms with Gasteiger partial charge in [-0.25, -0.2) is 4.79 Å². The van der Waals surface area contributed by atoms with E-state index in [-0.39, 0.29) is 24.2 Å². The lowest BCUT2D eigenvalue weighted by atomic mass is 9.90. The Morgan fingerprint density at radius 2 is 1.79 bits per heavy atom. The zero-order valence-corrected chi connectivity index (χ0v) is 18.4. The molecule has 1 unspecified atom stereocenters. The van der Waals surface area contributed by atoms with E-state index in [1.807, 2.05) is 6.07 Å². The number of hydrogen-bond donors (Lipinski definition) is 1. The molecule has 1 heterocycles. The summed E-state index contributed by atoms with van der Waals surface area (Å²) in [6.07, 6.45) is -2.79. The Labute approximate surface area is 189 Å². The highest BCUT2D eigenvalue weighted by Gasteiger charge is 2.31. The van der Waals surface area contributed by atoms with Gasteiger partial charge < -0.3 is 19.5 Å². The molecule has 1 N–H and O–H groups in total. The molecule has 1 saturated heterocycles. The number of nitrogens with zero attached hydrogens (tertiary/aromatic N) is 1. The van der Waals surface area contributed by atoms with E-state index < -0.39 is 23.3 Å². The number of alkyl halides is 3. The summed E-state index contributed by atoms with van der Waals surface area (Å²) in [5, 5.41) is 9.27. The van der Waals surface area contributed by atoms with E-state index in [1.165, 1.54) is 26.0 Å². The Hall–Kier alpha value is -3.23. The number of amides is 1. The lowest BCUT2D eigenvalue weighted by molar-refractivity contribution is -0.152. The van der Waals surface area contributed by atoms with Crippen LogP contribution in [0, 0.1) is 0 Å². The van der Waals surface area contributed by atoms with Crippen molar-refractivity contribution in [3.63, 3.8) is 0 Å². The number of rotatable bonds is 7. The number of piperidine rings is 1. The second kappa shape index (κ2) is 9.72. The zero-order chi connectivity index (χ0) is 24.2. The molecule has 0 aliphatic carbocycles. The fourth-order valence-electron chi connectivity index (χ4n) is 3.62. The standard InChI is InChI=1S/C24H26F3NO5/c1-23(2,22(30)31)33-20-7-3-5-16(13-20)17-6-4-12-28(14-17)21(29)15-32-19-10-8-18(9-11-19)24(25,26)27/h3,5,7-11,13,17H,4,6,12,14-15H2,1-2H3,(H,30,31). The molecule has 1 fully saturated rings. The van der Waals surface area contributed by atoms with Gasteiger partial charge in [-0.3, -0.25) is 4.79 Å². The van der Waals surface area contributed by atoms with E-state index in [0.29, 0.717) is 18.8 Å². The minimum Gasteiger partial charge on any atom is -0.484 e. The number of hydrogen-bond acceptors (Lipinski definition) is 4. The zero-order valence-electron chi connectivity index (χ0n) is 18.4. The van der Waals surface area contributed by atoms with Crippen LogP contribution in [0.25, 0.3) is 0 Å². The van der Waals surface area contributed by atoms with Crippen molar-refractivity contribution in [3.05, 3.63) is 59.7 Å². The van der Waals surface area contributed by atoms with Crippen molar-refractivity contribution in [1.82, 2.24) is 4.90 Å². The van der Waals surface area contributed by atoms with E-state index >= 15 is 0 Å². The first-order chi connectivity index (χ1) is 15.5. The van der Waals surface area contributed by atoms with Crippen molar-refractivity contribution in [2.75, 3.05) is 19.7 Å². The normalized spacial score (nSPS) is 16.9. The highest BCUT2D eigenvalue weighted by molar-refractivity contribution is 5.78. The Morgan fingerprint density at radius 3 is 2.42 bits per heavy atom. The SMILES string of the molecule is CC(C)(Oc1cccc(C2CCCN(C(=O)COc3ccc(C(F)(F)F)cc3)C2)c1)C(=O)O. The van der Waals surface area contributed by atoms with Crippen LogP contribution in [-0.4, -0.2) is 47.2 Å². The first kappa shape index (κ1) is 24.4. The van der Waals surface area contributed by atoms with Gasteiger partial charge >= 0.3 is 12.1 Å². The molecule has 0 radical (unpaired) electrons. The monoisotopic (exact) mass is 465 g/mol. The van der Waals surface area contributed by atoms with E-state index in [2.05, 4.69) is 0 Å². The molecule has 6 nitrogen and oxygen atoms in total. The van der Waals surface area contributed by atoms with Gasteiger partial charge in [0.1, 0.15) is 11.5 Å². The minimum atomic E-state index is -4.43. The second-order valence-electron chi connectivity index (χ2n) is 8.48. The van der Waals surface area contributed by atoms with Crippen molar-refractivity contribution in [1.29, 1.82) is 0 Å². The van der Waals surface area contributed by atoms with Crippen LogP contribution in [-0.2, 0) is 15.8 Å². The molecular weight excluding hydrogens is 439 g/mol. The van der Waals surface area contributed by atoms with Gasteiger partial charge in [-0.15, -0.1) is 0 Å². The average molecular weight is 465 g/mol. The maximum atomic E-state index is 12.7. The molecule has 0 spiro atoms. The van der Waals surface area contributed by atoms with E-state index in [9.17, 15) is 27.9 Å². The number of carboxylic acids is 1. The molecule has 1 aliphatic rings. The van der Waals surface area contributed by atoms with Crippen LogP contribution in [0.3, 0.4) is 0 Å². The number of halogens is 3. The van der Waals surface area contributed by atoms with Crippen molar-refractivity contribution in [3.8, 4) is 11.5 Å². The van der Waals surface area contributed by atoms with Crippen LogP contribution in [0.2, 0.25) is 0 Å². The second-order valence-corrected chi connectivity index (χ2v) is 8.48. The van der Waals surface area contributed by atoms with Gasteiger partial charge in [0, 0.05) is 19.0 Å². The Kier molecular flexibility index (Phi) is 7.19. The summed E-state index contributed by atoms with van der Waals surface area (Å²) in [6, 6.07) is 11.4. The van der Waals surface area contributed by atoms with Gasteiger partial charge in [0.25, 0.3) is 5.91 Å². The van der Waals surface area contributed by atoms with Gasteiger partial charge in [-0.05, 0) is 68.7 Å². The number of carbonyl (C=O) groups is 2. The fraction of sp³-hybridized carbons (Fsp3) is 0.417. The van der Waals surface area contributed by atoms with Crippen LogP contribution in [0.5, 0.6) is 11.5 Å². The van der Waals surface area contributed by atoms with Crippen LogP contribution in [0.4, 0.5) is 13.2 Å². The van der Waals surface area contributed by atoms with Crippen LogP contribution >= 0.6 is 0 Å². The minimum absolute atomic E-state index is 0.0465. The maximum Gasteiger partial charge on any atom is 0.416 e. The molecular formula is C24H26F3NO5. The lowest BCUT2D eigenvalue weighted by Gasteiger charge is -2.33. The lowest BCUT2D eigenvalue weighted by Crippen LogP contribution is -2.41. The number of carbonyl (C=O) groups excluding carboxylic acids is 1. The highest BCUT2D eigenvalue weighted by Crippen LogP contribution is 2.31. The fourth-order valence-corrected chi connectivity index (χ4v) is 3.62. The highest BCUT2D eigenvalue weighted by atomic mass is 19.4. The number of ether oxygens (including phenoxy) is 2. The largest absolute Gasteiger partial charge is 0.484 e. The van der Waals surface area contributed by atoms with Gasteiger partial charge in [-0.1, -0.05) is 12.1 Å². The number of benzene rings is 2. The number of carboxylic acid groups (broad SMARTS) is 1. The summed E-state index contributed by atoms with van der Waals surface area (Å²) in [4.78, 5) is 25.6. The summed E-state index contributed by atoms with van der Waals surface area (Å²) in [5.74, 6) is -0.649. The van der Waals surface area contributed by atoms with Crippen molar-refractivity contribution < 1.29 is 37.3 Å². The molecule has 178 valence electrons. The Balaban J connectivity index is 1.59. The van der Waals surface area contributed by atoms with E-state index in [4.69, 9.17) is 9.47 Å². The summed E-state index contributed by atoms with van der Waals surface area (Å²) in [6.45, 7) is 3.70. The van der Waals surface area contributed by atoms with Crippen molar-refractivity contribution >= 4 is 11.9 Å². The molecule has 1 aliphatic heterocycles. The predicted molar refractivity (Wildman–Crippen MR) is 114 cm³/mol. The number of likely N-dealkylation sites (tertiary alicyclic amines) is 1. The van der Waals surface area contributed by atoms with Gasteiger partial charge in [-0.2, -0.15) is 13.2 Å². The predicted octanol–water partition coefficient (Wildman–Crippen LogP) is 4.73. The molecule has 0 bridgehead atoms. The van der Waals surface area contributed by atoms with Gasteiger partial charge in [0.05, 0.1) is 5.56 Å². The van der Waals surface area contributed by atoms with E-state index in [0.717, 1.165) is 30.5 Å². The Morgan fingerprint density at radius 1 is 1.09 bits per heavy atom. The first-order valence-corrected chi connectivity index (χ1v) is 10.6. The van der Waals surface area contributed by atoms with Crippen LogP contribution in [0.15, 0.2) is 48.5 Å². The third-order valence-electron chi connectivity index (χ3n) is 5.54. The molecule has 3 rings (SSSR count). The molecule has 33 heavy (non-hydrogen) atoms. The third kappa shape index (κ3) is 6.40. The topological polar surface area (TPSA) is 76.1 Å². The number of aliphatic carboxylic acids is 1. The molecule has 1 amide bonds. The summed E-state index contributed by atoms with van der Waals surface area (Å²) < 4.78 is 49.0.